The zero-order chi connectivity index (χ0) is 23.9. The summed E-state index contributed by atoms with van der Waals surface area (Å²) in [5, 5.41) is 0. The molecule has 0 spiro atoms. The molecule has 0 bridgehead atoms. The van der Waals surface area contributed by atoms with Crippen LogP contribution in [0.5, 0.6) is 0 Å². The summed E-state index contributed by atoms with van der Waals surface area (Å²) in [6.45, 7) is 9.11. The van der Waals surface area contributed by atoms with Crippen LogP contribution < -0.4 is 5.73 Å². The van der Waals surface area contributed by atoms with Crippen LogP contribution in [0.3, 0.4) is 0 Å². The van der Waals surface area contributed by atoms with Gasteiger partial charge in [0.25, 0.3) is 0 Å². The van der Waals surface area contributed by atoms with Gasteiger partial charge in [0.1, 0.15) is 0 Å². The molecular weight excluding hydrogens is 415 g/mol. The van der Waals surface area contributed by atoms with E-state index in [9.17, 15) is 18.0 Å². The molecule has 4 atom stereocenters. The first-order chi connectivity index (χ1) is 14.9. The summed E-state index contributed by atoms with van der Waals surface area (Å²) in [6, 6.07) is 5.88. The number of hydrogen-bond donors (Lipinski definition) is 1. The molecule has 2 N–H and O–H groups in total. The van der Waals surface area contributed by atoms with E-state index in [1.165, 1.54) is 19.3 Å². The molecule has 0 aliphatic heterocycles. The second-order valence-corrected chi connectivity index (χ2v) is 10.5. The van der Waals surface area contributed by atoms with Crippen molar-refractivity contribution in [2.24, 2.45) is 23.0 Å². The monoisotopic (exact) mass is 455 g/mol. The normalized spacial score (nSPS) is 27.8. The molecule has 1 aromatic rings. The molecule has 3 rings (SSSR count). The van der Waals surface area contributed by atoms with E-state index >= 15 is 0 Å². The van der Waals surface area contributed by atoms with Crippen molar-refractivity contribution in [2.45, 2.75) is 97.2 Å². The predicted octanol–water partition coefficient (Wildman–Crippen LogP) is 7.09. The van der Waals surface area contributed by atoms with E-state index < -0.39 is 11.7 Å². The molecule has 6 heteroatoms. The summed E-state index contributed by atoms with van der Waals surface area (Å²) >= 11 is 0. The van der Waals surface area contributed by atoms with Gasteiger partial charge in [0, 0.05) is 12.5 Å². The van der Waals surface area contributed by atoms with Crippen molar-refractivity contribution in [1.29, 1.82) is 0 Å². The van der Waals surface area contributed by atoms with Crippen molar-refractivity contribution in [3.05, 3.63) is 35.4 Å². The van der Waals surface area contributed by atoms with E-state index in [0.717, 1.165) is 49.3 Å². The minimum Gasteiger partial charge on any atom is -0.466 e. The van der Waals surface area contributed by atoms with Crippen molar-refractivity contribution in [1.82, 2.24) is 0 Å². The second-order valence-electron chi connectivity index (χ2n) is 10.5. The Labute approximate surface area is 191 Å². The zero-order valence-corrected chi connectivity index (χ0v) is 20.0. The largest absolute Gasteiger partial charge is 0.466 e. The Morgan fingerprint density at radius 2 is 1.78 bits per heavy atom. The number of benzene rings is 1. The number of hydrogen-bond acceptors (Lipinski definition) is 3. The highest BCUT2D eigenvalue weighted by atomic mass is 19.4. The molecule has 2 aliphatic rings. The fourth-order valence-corrected chi connectivity index (χ4v) is 5.60. The quantitative estimate of drug-likeness (QED) is 0.493. The molecule has 1 aromatic carbocycles. The van der Waals surface area contributed by atoms with Gasteiger partial charge in [-0.05, 0) is 86.3 Å². The Kier molecular flexibility index (Phi) is 9.62. The Bertz CT molecular complexity index is 703. The third-order valence-corrected chi connectivity index (χ3v) is 6.67. The summed E-state index contributed by atoms with van der Waals surface area (Å²) in [5.74, 6) is 1.15. The third kappa shape index (κ3) is 8.76. The van der Waals surface area contributed by atoms with Crippen LogP contribution in [-0.4, -0.2) is 18.6 Å². The molecule has 0 heterocycles. The Balaban J connectivity index is 0.000000303. The smallest absolute Gasteiger partial charge is 0.416 e. The summed E-state index contributed by atoms with van der Waals surface area (Å²) < 4.78 is 42.7. The van der Waals surface area contributed by atoms with Gasteiger partial charge in [0.15, 0.2) is 0 Å². The number of carbonyl (C=O) groups is 1. The molecule has 2 fully saturated rings. The van der Waals surface area contributed by atoms with Gasteiger partial charge >= 0.3 is 12.1 Å². The van der Waals surface area contributed by atoms with Gasteiger partial charge in [-0.1, -0.05) is 39.3 Å². The van der Waals surface area contributed by atoms with E-state index in [4.69, 9.17) is 10.5 Å². The van der Waals surface area contributed by atoms with Gasteiger partial charge in [-0.15, -0.1) is 0 Å². The van der Waals surface area contributed by atoms with Crippen LogP contribution in [0, 0.1) is 17.3 Å². The lowest BCUT2D eigenvalue weighted by atomic mass is 9.71. The number of nitrogens with two attached hydrogens (primary N) is 1. The summed E-state index contributed by atoms with van der Waals surface area (Å²) in [4.78, 5) is 11.6. The van der Waals surface area contributed by atoms with Crippen LogP contribution in [0.1, 0.15) is 96.1 Å². The Hall–Kier alpha value is -1.56. The standard InChI is InChI=1S/C17H21F3O2.C9H19N/c1-2-22-16(21)11-12-4-3-5-14(10-12)13-6-8-15(9-7-13)17(18,19)20;1-7-4-8(10)6-9(2,3)5-7/h6-9,12,14H,2-5,10-11H2,1H3;7-8H,4-6,10H2,1-3H3. The molecule has 0 aromatic heterocycles. The molecule has 4 unspecified atom stereocenters. The summed E-state index contributed by atoms with van der Waals surface area (Å²) in [7, 11) is 0. The molecular formula is C26H40F3NO2. The third-order valence-electron chi connectivity index (χ3n) is 6.67. The van der Waals surface area contributed by atoms with E-state index in [-0.39, 0.29) is 17.8 Å². The van der Waals surface area contributed by atoms with Crippen molar-refractivity contribution in [2.75, 3.05) is 6.61 Å². The number of rotatable bonds is 4. The van der Waals surface area contributed by atoms with Gasteiger partial charge < -0.3 is 10.5 Å². The van der Waals surface area contributed by atoms with Gasteiger partial charge in [-0.25, -0.2) is 0 Å². The van der Waals surface area contributed by atoms with Crippen LogP contribution in [-0.2, 0) is 15.7 Å². The van der Waals surface area contributed by atoms with Crippen LogP contribution >= 0.6 is 0 Å². The average molecular weight is 456 g/mol. The first-order valence-electron chi connectivity index (χ1n) is 12.0. The maximum absolute atomic E-state index is 12.6. The van der Waals surface area contributed by atoms with E-state index in [1.54, 1.807) is 19.1 Å². The fourth-order valence-electron chi connectivity index (χ4n) is 5.60. The van der Waals surface area contributed by atoms with Gasteiger partial charge in [0.05, 0.1) is 12.2 Å². The van der Waals surface area contributed by atoms with E-state index in [0.29, 0.717) is 24.5 Å². The first kappa shape index (κ1) is 26.7. The molecule has 0 radical (unpaired) electrons. The number of carbonyl (C=O) groups excluding carboxylic acids is 1. The fraction of sp³-hybridized carbons (Fsp3) is 0.731. The highest BCUT2D eigenvalue weighted by Gasteiger charge is 2.31. The SMILES string of the molecule is CC1CC(N)CC(C)(C)C1.CCOC(=O)CC1CCCC(c2ccc(C(F)(F)F)cc2)C1. The molecule has 0 amide bonds. The van der Waals surface area contributed by atoms with Crippen LogP contribution in [0.2, 0.25) is 0 Å². The lowest BCUT2D eigenvalue weighted by Crippen LogP contribution is -2.36. The average Bonchev–Trinajstić information content (AvgIpc) is 2.66. The maximum atomic E-state index is 12.6. The highest BCUT2D eigenvalue weighted by Crippen LogP contribution is 2.39. The van der Waals surface area contributed by atoms with Crippen LogP contribution in [0.25, 0.3) is 0 Å². The lowest BCUT2D eigenvalue weighted by Gasteiger charge is -2.37. The number of alkyl halides is 3. The zero-order valence-electron chi connectivity index (χ0n) is 20.0. The topological polar surface area (TPSA) is 52.3 Å². The number of esters is 1. The minimum absolute atomic E-state index is 0.180. The highest BCUT2D eigenvalue weighted by molar-refractivity contribution is 5.69. The lowest BCUT2D eigenvalue weighted by molar-refractivity contribution is -0.144. The molecule has 182 valence electrons. The van der Waals surface area contributed by atoms with Gasteiger partial charge in [-0.2, -0.15) is 13.2 Å². The molecule has 2 aliphatic carbocycles. The molecule has 0 saturated heterocycles. The van der Waals surface area contributed by atoms with Gasteiger partial charge in [-0.3, -0.25) is 4.79 Å². The van der Waals surface area contributed by atoms with Gasteiger partial charge in [0.2, 0.25) is 0 Å². The number of ether oxygens (including phenoxy) is 1. The Morgan fingerprint density at radius 1 is 1.12 bits per heavy atom. The maximum Gasteiger partial charge on any atom is 0.416 e. The van der Waals surface area contributed by atoms with E-state index in [1.807, 2.05) is 0 Å². The first-order valence-corrected chi connectivity index (χ1v) is 12.0. The summed E-state index contributed by atoms with van der Waals surface area (Å²) in [6.07, 6.45) is 3.67. The molecule has 32 heavy (non-hydrogen) atoms. The number of halogens is 3. The second kappa shape index (κ2) is 11.5. The van der Waals surface area contributed by atoms with Crippen LogP contribution in [0.15, 0.2) is 24.3 Å². The van der Waals surface area contributed by atoms with Crippen molar-refractivity contribution in [3.8, 4) is 0 Å². The van der Waals surface area contributed by atoms with Crippen molar-refractivity contribution >= 4 is 5.97 Å². The van der Waals surface area contributed by atoms with E-state index in [2.05, 4.69) is 20.8 Å². The molecule has 3 nitrogen and oxygen atoms in total. The minimum atomic E-state index is -4.29. The van der Waals surface area contributed by atoms with Crippen LogP contribution in [0.4, 0.5) is 13.2 Å². The predicted molar refractivity (Wildman–Crippen MR) is 122 cm³/mol. The Morgan fingerprint density at radius 3 is 2.31 bits per heavy atom. The molecule has 2 saturated carbocycles. The van der Waals surface area contributed by atoms with Crippen molar-refractivity contribution < 1.29 is 22.7 Å². The summed E-state index contributed by atoms with van der Waals surface area (Å²) in [5.41, 5.74) is 6.71. The van der Waals surface area contributed by atoms with Crippen molar-refractivity contribution in [3.63, 3.8) is 0 Å².